The zero-order chi connectivity index (χ0) is 34.0. The standard InChI is InChI=1S/C30H36F3N5O7S/c1-17-14-38(18(2)16-39)27(40)13-21-12-24(35-29(41)34-23-8-6-22(7-9-23)30(31,32)33)10-11-25(21)44-26(17)15-37(5)46(42,43)28-19(3)36-45-20(28)4/h6-12,17-18,26,39H,13-16H2,1-5H3,(H2,34,35,41)/t17-,18-,26-/m1/s1. The van der Waals surface area contributed by atoms with Crippen molar-refractivity contribution in [3.63, 3.8) is 0 Å². The minimum atomic E-state index is -4.51. The number of hydrogen-bond donors (Lipinski definition) is 3. The number of likely N-dealkylation sites (N-methyl/N-ethyl adjacent to an activating group) is 1. The zero-order valence-electron chi connectivity index (χ0n) is 25.9. The van der Waals surface area contributed by atoms with Gasteiger partial charge in [-0.15, -0.1) is 0 Å². The fourth-order valence-corrected chi connectivity index (χ4v) is 6.58. The van der Waals surface area contributed by atoms with Gasteiger partial charge in [-0.3, -0.25) is 4.79 Å². The first-order valence-electron chi connectivity index (χ1n) is 14.4. The van der Waals surface area contributed by atoms with Crippen molar-refractivity contribution < 1.29 is 45.5 Å². The number of aryl methyl sites for hydroxylation is 2. The topological polar surface area (TPSA) is 154 Å². The van der Waals surface area contributed by atoms with Gasteiger partial charge in [-0.05, 0) is 63.2 Å². The monoisotopic (exact) mass is 667 g/mol. The summed E-state index contributed by atoms with van der Waals surface area (Å²) in [4.78, 5) is 27.6. The molecule has 3 amide bonds. The lowest BCUT2D eigenvalue weighted by atomic mass is 10.0. The summed E-state index contributed by atoms with van der Waals surface area (Å²) in [5.74, 6) is -0.268. The van der Waals surface area contributed by atoms with Crippen LogP contribution in [-0.2, 0) is 27.4 Å². The van der Waals surface area contributed by atoms with E-state index in [9.17, 15) is 36.3 Å². The Morgan fingerprint density at radius 1 is 1.15 bits per heavy atom. The number of nitrogens with zero attached hydrogens (tertiary/aromatic N) is 3. The Balaban J connectivity index is 1.60. The highest BCUT2D eigenvalue weighted by molar-refractivity contribution is 7.89. The third-order valence-corrected chi connectivity index (χ3v) is 9.79. The van der Waals surface area contributed by atoms with E-state index < -0.39 is 45.9 Å². The average molecular weight is 668 g/mol. The molecule has 0 aliphatic carbocycles. The van der Waals surface area contributed by atoms with Crippen LogP contribution >= 0.6 is 0 Å². The number of aliphatic hydroxyl groups is 1. The predicted molar refractivity (Wildman–Crippen MR) is 162 cm³/mol. The number of sulfonamides is 1. The maximum atomic E-state index is 13.5. The molecule has 3 atom stereocenters. The molecule has 0 bridgehead atoms. The highest BCUT2D eigenvalue weighted by Crippen LogP contribution is 2.32. The normalized spacial score (nSPS) is 18.2. The summed E-state index contributed by atoms with van der Waals surface area (Å²) in [5, 5.41) is 18.7. The number of benzene rings is 2. The number of rotatable bonds is 8. The smallest absolute Gasteiger partial charge is 0.416 e. The molecular weight excluding hydrogens is 631 g/mol. The molecule has 2 aromatic carbocycles. The Labute approximate surface area is 264 Å². The van der Waals surface area contributed by atoms with E-state index in [1.54, 1.807) is 13.0 Å². The number of carbonyl (C=O) groups excluding carboxylic acids is 2. The molecule has 46 heavy (non-hydrogen) atoms. The molecule has 0 saturated heterocycles. The molecule has 2 heterocycles. The maximum Gasteiger partial charge on any atom is 0.416 e. The van der Waals surface area contributed by atoms with E-state index in [2.05, 4.69) is 15.8 Å². The summed E-state index contributed by atoms with van der Waals surface area (Å²) in [6.07, 6.45) is -5.41. The van der Waals surface area contributed by atoms with Gasteiger partial charge in [0.25, 0.3) is 0 Å². The largest absolute Gasteiger partial charge is 0.488 e. The summed E-state index contributed by atoms with van der Waals surface area (Å²) in [6.45, 7) is 6.31. The molecular formula is C30H36F3N5O7S. The highest BCUT2D eigenvalue weighted by Gasteiger charge is 2.35. The molecule has 16 heteroatoms. The second-order valence-corrected chi connectivity index (χ2v) is 13.3. The van der Waals surface area contributed by atoms with Gasteiger partial charge in [0.15, 0.2) is 5.76 Å². The van der Waals surface area contributed by atoms with Crippen molar-refractivity contribution in [2.24, 2.45) is 5.92 Å². The minimum absolute atomic E-state index is 0.0397. The molecule has 3 N–H and O–H groups in total. The third-order valence-electron chi connectivity index (χ3n) is 7.72. The van der Waals surface area contributed by atoms with Crippen molar-refractivity contribution in [2.45, 2.75) is 57.3 Å². The highest BCUT2D eigenvalue weighted by atomic mass is 32.2. The van der Waals surface area contributed by atoms with Crippen molar-refractivity contribution in [1.29, 1.82) is 0 Å². The van der Waals surface area contributed by atoms with Gasteiger partial charge in [-0.25, -0.2) is 13.2 Å². The van der Waals surface area contributed by atoms with Crippen molar-refractivity contribution in [1.82, 2.24) is 14.4 Å². The van der Waals surface area contributed by atoms with E-state index in [4.69, 9.17) is 9.26 Å². The van der Waals surface area contributed by atoms with E-state index in [1.807, 2.05) is 6.92 Å². The summed E-state index contributed by atoms with van der Waals surface area (Å²) >= 11 is 0. The number of halogens is 3. The number of alkyl halides is 3. The second-order valence-electron chi connectivity index (χ2n) is 11.3. The van der Waals surface area contributed by atoms with E-state index in [0.717, 1.165) is 28.6 Å². The SMILES string of the molecule is Cc1noc(C)c1S(=O)(=O)N(C)C[C@H]1Oc2ccc(NC(=O)Nc3ccc(C(F)(F)F)cc3)cc2CC(=O)N([C@H](C)CO)C[C@H]1C. The molecule has 1 aliphatic heterocycles. The number of ether oxygens (including phenoxy) is 1. The van der Waals surface area contributed by atoms with Gasteiger partial charge in [0.05, 0.1) is 31.2 Å². The van der Waals surface area contributed by atoms with Gasteiger partial charge in [0.1, 0.15) is 22.4 Å². The number of hydrogen-bond acceptors (Lipinski definition) is 8. The first kappa shape index (κ1) is 34.7. The summed E-state index contributed by atoms with van der Waals surface area (Å²) in [6, 6.07) is 7.26. The van der Waals surface area contributed by atoms with Crippen LogP contribution in [0.3, 0.4) is 0 Å². The zero-order valence-corrected chi connectivity index (χ0v) is 26.7. The molecule has 0 radical (unpaired) electrons. The first-order chi connectivity index (χ1) is 21.5. The Morgan fingerprint density at radius 2 is 1.78 bits per heavy atom. The van der Waals surface area contributed by atoms with Gasteiger partial charge >= 0.3 is 12.2 Å². The van der Waals surface area contributed by atoms with Crippen LogP contribution in [0, 0.1) is 19.8 Å². The lowest BCUT2D eigenvalue weighted by Gasteiger charge is -2.33. The van der Waals surface area contributed by atoms with Crippen LogP contribution in [0.25, 0.3) is 0 Å². The van der Waals surface area contributed by atoms with Gasteiger partial charge in [0, 0.05) is 36.4 Å². The minimum Gasteiger partial charge on any atom is -0.488 e. The Hall–Kier alpha value is -4.15. The van der Waals surface area contributed by atoms with Crippen LogP contribution in [0.2, 0.25) is 0 Å². The Morgan fingerprint density at radius 3 is 2.37 bits per heavy atom. The molecule has 0 spiro atoms. The molecule has 250 valence electrons. The Bertz CT molecular complexity index is 1660. The van der Waals surface area contributed by atoms with Crippen LogP contribution < -0.4 is 15.4 Å². The summed E-state index contributed by atoms with van der Waals surface area (Å²) in [5.41, 5.74) is 0.151. The average Bonchev–Trinajstić information content (AvgIpc) is 3.34. The molecule has 0 saturated carbocycles. The molecule has 0 unspecified atom stereocenters. The van der Waals surface area contributed by atoms with Crippen LogP contribution in [0.5, 0.6) is 5.75 Å². The number of carbonyl (C=O) groups is 2. The van der Waals surface area contributed by atoms with Crippen LogP contribution in [0.4, 0.5) is 29.3 Å². The van der Waals surface area contributed by atoms with E-state index in [0.29, 0.717) is 11.3 Å². The molecule has 1 aromatic heterocycles. The predicted octanol–water partition coefficient (Wildman–Crippen LogP) is 4.42. The van der Waals surface area contributed by atoms with Crippen LogP contribution in [-0.4, -0.2) is 78.7 Å². The number of amides is 3. The molecule has 1 aliphatic rings. The number of urea groups is 1. The number of fused-ring (bicyclic) bond motifs is 1. The second kappa shape index (κ2) is 13.7. The van der Waals surface area contributed by atoms with Crippen molar-refractivity contribution in [3.8, 4) is 5.75 Å². The fourth-order valence-electron chi connectivity index (χ4n) is 5.11. The van der Waals surface area contributed by atoms with Crippen molar-refractivity contribution in [2.75, 3.05) is 37.4 Å². The van der Waals surface area contributed by atoms with E-state index >= 15 is 0 Å². The quantitative estimate of drug-likeness (QED) is 0.319. The maximum absolute atomic E-state index is 13.5. The van der Waals surface area contributed by atoms with E-state index in [1.165, 1.54) is 37.9 Å². The number of nitrogens with one attached hydrogen (secondary N) is 2. The fraction of sp³-hybridized carbons (Fsp3) is 0.433. The number of aromatic nitrogens is 1. The summed E-state index contributed by atoms with van der Waals surface area (Å²) in [7, 11) is -2.61. The molecule has 0 fully saturated rings. The lowest BCUT2D eigenvalue weighted by molar-refractivity contribution is -0.137. The molecule has 4 rings (SSSR count). The van der Waals surface area contributed by atoms with Gasteiger partial charge in [-0.2, -0.15) is 17.5 Å². The summed E-state index contributed by atoms with van der Waals surface area (Å²) < 4.78 is 78.1. The van der Waals surface area contributed by atoms with Crippen molar-refractivity contribution in [3.05, 3.63) is 65.0 Å². The van der Waals surface area contributed by atoms with Crippen molar-refractivity contribution >= 4 is 33.3 Å². The first-order valence-corrected chi connectivity index (χ1v) is 15.8. The van der Waals surface area contributed by atoms with E-state index in [-0.39, 0.29) is 59.7 Å². The molecule has 12 nitrogen and oxygen atoms in total. The molecule has 3 aromatic rings. The Kier molecular flexibility index (Phi) is 10.3. The van der Waals surface area contributed by atoms with Crippen LogP contribution in [0.1, 0.15) is 36.4 Å². The van der Waals surface area contributed by atoms with Gasteiger partial charge in [-0.1, -0.05) is 12.1 Å². The number of anilines is 2. The van der Waals surface area contributed by atoms with Crippen LogP contribution in [0.15, 0.2) is 51.9 Å². The number of aliphatic hydroxyl groups excluding tert-OH is 1. The lowest BCUT2D eigenvalue weighted by Crippen LogP contribution is -2.48. The van der Waals surface area contributed by atoms with Gasteiger partial charge in [0.2, 0.25) is 15.9 Å². The third kappa shape index (κ3) is 7.79. The van der Waals surface area contributed by atoms with Gasteiger partial charge < -0.3 is 29.9 Å².